The fraction of sp³-hybridized carbons (Fsp3) is 0.350. The second-order valence-corrected chi connectivity index (χ2v) is 7.99. The lowest BCUT2D eigenvalue weighted by Crippen LogP contribution is -2.37. The van der Waals surface area contributed by atoms with Gasteiger partial charge in [-0.05, 0) is 36.8 Å². The Bertz CT molecular complexity index is 1060. The van der Waals surface area contributed by atoms with Crippen LogP contribution >= 0.6 is 0 Å². The van der Waals surface area contributed by atoms with Crippen LogP contribution in [-0.4, -0.2) is 25.9 Å². The zero-order valence-electron chi connectivity index (χ0n) is 15.7. The number of benzene rings is 1. The number of fused-ring (bicyclic) bond motifs is 1. The van der Waals surface area contributed by atoms with Gasteiger partial charge in [0.1, 0.15) is 5.69 Å². The van der Waals surface area contributed by atoms with Crippen LogP contribution in [0.4, 0.5) is 0 Å². The summed E-state index contributed by atoms with van der Waals surface area (Å²) in [6.07, 6.45) is 3.53. The van der Waals surface area contributed by atoms with E-state index in [9.17, 15) is 9.59 Å². The largest absolute Gasteiger partial charge is 0.344 e. The van der Waals surface area contributed by atoms with Crippen molar-refractivity contribution >= 4 is 5.91 Å². The maximum absolute atomic E-state index is 12.5. The molecule has 7 heteroatoms. The number of aromatic amines is 2. The molecule has 0 saturated heterocycles. The Hall–Kier alpha value is -3.09. The lowest BCUT2D eigenvalue weighted by atomic mass is 9.74. The molecular weight excluding hydrogens is 342 g/mol. The van der Waals surface area contributed by atoms with Gasteiger partial charge in [0.05, 0.1) is 23.6 Å². The molecule has 1 aliphatic rings. The standard InChI is InChI=1S/C20H23N5O2/c1-12-6-4-5-7-16(12)25-17-10-20(2,3)9-15(13(17)11-21-25)22-19(27)14-8-18(26)24-23-14/h4-8,11,15H,9-10H2,1-3H3,(H,22,27)(H2,23,24,26)/t15-/m0/s1. The van der Waals surface area contributed by atoms with Gasteiger partial charge in [0.15, 0.2) is 0 Å². The van der Waals surface area contributed by atoms with Crippen LogP contribution in [0.2, 0.25) is 0 Å². The lowest BCUT2D eigenvalue weighted by molar-refractivity contribution is 0.0914. The number of H-pyrrole nitrogens is 2. The summed E-state index contributed by atoms with van der Waals surface area (Å²) in [7, 11) is 0. The Labute approximate surface area is 156 Å². The Morgan fingerprint density at radius 3 is 2.78 bits per heavy atom. The molecule has 0 spiro atoms. The summed E-state index contributed by atoms with van der Waals surface area (Å²) in [5.74, 6) is -0.300. The summed E-state index contributed by atoms with van der Waals surface area (Å²) < 4.78 is 1.99. The number of aromatic nitrogens is 4. The minimum absolute atomic E-state index is 0.0109. The highest BCUT2D eigenvalue weighted by molar-refractivity contribution is 5.92. The third kappa shape index (κ3) is 3.20. The van der Waals surface area contributed by atoms with Crippen LogP contribution in [-0.2, 0) is 6.42 Å². The van der Waals surface area contributed by atoms with E-state index in [1.807, 2.05) is 23.0 Å². The highest BCUT2D eigenvalue weighted by Gasteiger charge is 2.36. The van der Waals surface area contributed by atoms with E-state index >= 15 is 0 Å². The third-order valence-corrected chi connectivity index (χ3v) is 5.17. The van der Waals surface area contributed by atoms with Crippen LogP contribution in [0.15, 0.2) is 41.3 Å². The van der Waals surface area contributed by atoms with Crippen LogP contribution < -0.4 is 10.9 Å². The minimum atomic E-state index is -0.322. The van der Waals surface area contributed by atoms with Crippen molar-refractivity contribution < 1.29 is 4.79 Å². The average Bonchev–Trinajstić information content (AvgIpc) is 3.21. The zero-order valence-corrected chi connectivity index (χ0v) is 15.7. The molecule has 0 unspecified atom stereocenters. The van der Waals surface area contributed by atoms with Crippen LogP contribution in [0.3, 0.4) is 0 Å². The monoisotopic (exact) mass is 365 g/mol. The van der Waals surface area contributed by atoms with Gasteiger partial charge in [0.2, 0.25) is 0 Å². The molecule has 1 amide bonds. The molecule has 1 aromatic carbocycles. The van der Waals surface area contributed by atoms with Crippen molar-refractivity contribution in [3.8, 4) is 5.69 Å². The first-order valence-corrected chi connectivity index (χ1v) is 9.05. The van der Waals surface area contributed by atoms with Gasteiger partial charge >= 0.3 is 0 Å². The smallest absolute Gasteiger partial charge is 0.269 e. The Kier molecular flexibility index (Phi) is 4.02. The summed E-state index contributed by atoms with van der Waals surface area (Å²) >= 11 is 0. The van der Waals surface area contributed by atoms with E-state index in [1.54, 1.807) is 0 Å². The second-order valence-electron chi connectivity index (χ2n) is 7.99. The normalized spacial score (nSPS) is 18.1. The van der Waals surface area contributed by atoms with E-state index < -0.39 is 0 Å². The minimum Gasteiger partial charge on any atom is -0.344 e. The molecule has 7 nitrogen and oxygen atoms in total. The van der Waals surface area contributed by atoms with Crippen molar-refractivity contribution in [2.75, 3.05) is 0 Å². The van der Waals surface area contributed by atoms with E-state index in [-0.39, 0.29) is 28.6 Å². The first-order valence-electron chi connectivity index (χ1n) is 9.05. The van der Waals surface area contributed by atoms with Crippen LogP contribution in [0.5, 0.6) is 0 Å². The Morgan fingerprint density at radius 1 is 1.30 bits per heavy atom. The van der Waals surface area contributed by atoms with Gasteiger partial charge in [-0.2, -0.15) is 5.10 Å². The summed E-state index contributed by atoms with van der Waals surface area (Å²) in [5, 5.41) is 12.7. The maximum atomic E-state index is 12.5. The van der Waals surface area contributed by atoms with Gasteiger partial charge in [-0.3, -0.25) is 19.8 Å². The van der Waals surface area contributed by atoms with E-state index in [1.165, 1.54) is 6.07 Å². The van der Waals surface area contributed by atoms with Gasteiger partial charge < -0.3 is 5.32 Å². The number of amides is 1. The maximum Gasteiger partial charge on any atom is 0.269 e. The molecule has 2 aromatic heterocycles. The highest BCUT2D eigenvalue weighted by Crippen LogP contribution is 2.41. The lowest BCUT2D eigenvalue weighted by Gasteiger charge is -2.36. The summed E-state index contributed by atoms with van der Waals surface area (Å²) in [6, 6.07) is 9.25. The van der Waals surface area contributed by atoms with E-state index in [2.05, 4.69) is 53.5 Å². The fourth-order valence-corrected chi connectivity index (χ4v) is 3.87. The van der Waals surface area contributed by atoms with Gasteiger partial charge in [0.25, 0.3) is 11.5 Å². The molecule has 0 radical (unpaired) electrons. The molecule has 0 saturated carbocycles. The van der Waals surface area contributed by atoms with Crippen molar-refractivity contribution in [1.82, 2.24) is 25.3 Å². The van der Waals surface area contributed by atoms with Crippen molar-refractivity contribution in [1.29, 1.82) is 0 Å². The van der Waals surface area contributed by atoms with Gasteiger partial charge in [-0.15, -0.1) is 0 Å². The first kappa shape index (κ1) is 17.3. The molecule has 1 atom stereocenters. The average molecular weight is 365 g/mol. The predicted molar refractivity (Wildman–Crippen MR) is 102 cm³/mol. The fourth-order valence-electron chi connectivity index (χ4n) is 3.87. The summed E-state index contributed by atoms with van der Waals surface area (Å²) in [5.41, 5.74) is 4.27. The molecule has 140 valence electrons. The molecule has 2 heterocycles. The molecule has 3 aromatic rings. The van der Waals surface area contributed by atoms with Crippen molar-refractivity contribution in [2.24, 2.45) is 5.41 Å². The van der Waals surface area contributed by atoms with Gasteiger partial charge in [0, 0.05) is 11.6 Å². The van der Waals surface area contributed by atoms with E-state index in [0.717, 1.165) is 35.3 Å². The predicted octanol–water partition coefficient (Wildman–Crippen LogP) is 2.64. The van der Waals surface area contributed by atoms with Gasteiger partial charge in [-0.25, -0.2) is 4.68 Å². The van der Waals surface area contributed by atoms with Crippen molar-refractivity contribution in [3.05, 3.63) is 69.4 Å². The van der Waals surface area contributed by atoms with E-state index in [4.69, 9.17) is 0 Å². The number of hydrogen-bond donors (Lipinski definition) is 3. The highest BCUT2D eigenvalue weighted by atomic mass is 16.2. The summed E-state index contributed by atoms with van der Waals surface area (Å²) in [6.45, 7) is 6.46. The zero-order chi connectivity index (χ0) is 19.2. The molecule has 4 rings (SSSR count). The SMILES string of the molecule is Cc1ccccc1-n1ncc2c1CC(C)(C)C[C@@H]2NC(=O)c1cc(=O)[nH][nH]1. The van der Waals surface area contributed by atoms with Crippen LogP contribution in [0.25, 0.3) is 5.69 Å². The molecule has 3 N–H and O–H groups in total. The number of nitrogens with zero attached hydrogens (tertiary/aromatic N) is 2. The van der Waals surface area contributed by atoms with Crippen molar-refractivity contribution in [3.63, 3.8) is 0 Å². The number of carbonyl (C=O) groups is 1. The number of carbonyl (C=O) groups excluding carboxylic acids is 1. The number of aryl methyl sites for hydroxylation is 1. The molecule has 1 aliphatic carbocycles. The van der Waals surface area contributed by atoms with Crippen LogP contribution in [0, 0.1) is 12.3 Å². The summed E-state index contributed by atoms with van der Waals surface area (Å²) in [4.78, 5) is 23.8. The third-order valence-electron chi connectivity index (χ3n) is 5.17. The van der Waals surface area contributed by atoms with E-state index in [0.29, 0.717) is 0 Å². The quantitative estimate of drug-likeness (QED) is 0.666. The number of rotatable bonds is 3. The topological polar surface area (TPSA) is 95.6 Å². The Morgan fingerprint density at radius 2 is 2.07 bits per heavy atom. The van der Waals surface area contributed by atoms with Crippen LogP contribution in [0.1, 0.15) is 53.6 Å². The number of para-hydroxylation sites is 1. The molecule has 0 fully saturated rings. The molecule has 0 aliphatic heterocycles. The Balaban J connectivity index is 1.71. The first-order chi connectivity index (χ1) is 12.8. The van der Waals surface area contributed by atoms with Crippen molar-refractivity contribution in [2.45, 2.75) is 39.7 Å². The molecular formula is C20H23N5O2. The second kappa shape index (κ2) is 6.26. The van der Waals surface area contributed by atoms with Gasteiger partial charge in [-0.1, -0.05) is 32.0 Å². The number of hydrogen-bond acceptors (Lipinski definition) is 3. The molecule has 0 bridgehead atoms. The number of nitrogens with one attached hydrogen (secondary N) is 3. The molecule has 27 heavy (non-hydrogen) atoms.